The summed E-state index contributed by atoms with van der Waals surface area (Å²) in [6, 6.07) is 10.6. The minimum Gasteiger partial charge on any atom is -0.497 e. The Kier molecular flexibility index (Phi) is 4.30. The largest absolute Gasteiger partial charge is 0.497 e. The molecule has 2 aliphatic rings. The Labute approximate surface area is 149 Å². The second-order valence-electron chi connectivity index (χ2n) is 6.81. The number of rotatable bonds is 4. The highest BCUT2D eigenvalue weighted by Gasteiger charge is 2.35. The molecule has 0 unspecified atom stereocenters. The highest BCUT2D eigenvalue weighted by Crippen LogP contribution is 2.49. The fourth-order valence-electron chi connectivity index (χ4n) is 4.44. The van der Waals surface area contributed by atoms with Crippen molar-refractivity contribution in [1.29, 1.82) is 0 Å². The predicted octanol–water partition coefficient (Wildman–Crippen LogP) is 3.48. The lowest BCUT2D eigenvalue weighted by molar-refractivity contribution is 0.351. The molecule has 1 heterocycles. The van der Waals surface area contributed by atoms with E-state index in [0.29, 0.717) is 11.8 Å². The minimum absolute atomic E-state index is 0.308. The van der Waals surface area contributed by atoms with Gasteiger partial charge in [0, 0.05) is 24.6 Å². The maximum Gasteiger partial charge on any atom is 0.164 e. The zero-order valence-electron chi connectivity index (χ0n) is 15.1. The highest BCUT2D eigenvalue weighted by atomic mass is 16.5. The number of methoxy groups -OCH3 is 3. The van der Waals surface area contributed by atoms with Crippen molar-refractivity contribution in [1.82, 2.24) is 5.32 Å². The zero-order valence-corrected chi connectivity index (χ0v) is 15.1. The van der Waals surface area contributed by atoms with E-state index >= 15 is 0 Å². The first kappa shape index (κ1) is 16.3. The van der Waals surface area contributed by atoms with Crippen molar-refractivity contribution in [2.45, 2.75) is 24.7 Å². The summed E-state index contributed by atoms with van der Waals surface area (Å²) < 4.78 is 16.7. The monoisotopic (exact) mass is 339 g/mol. The average Bonchev–Trinajstić information content (AvgIpc) is 2.99. The molecule has 2 aromatic rings. The first-order chi connectivity index (χ1) is 12.3. The number of hydrogen-bond donors (Lipinski definition) is 1. The number of ether oxygens (including phenoxy) is 3. The van der Waals surface area contributed by atoms with Crippen molar-refractivity contribution in [3.63, 3.8) is 0 Å². The Balaban J connectivity index is 1.87. The van der Waals surface area contributed by atoms with Gasteiger partial charge >= 0.3 is 0 Å². The van der Waals surface area contributed by atoms with E-state index in [-0.39, 0.29) is 0 Å². The fourth-order valence-corrected chi connectivity index (χ4v) is 4.44. The summed E-state index contributed by atoms with van der Waals surface area (Å²) in [5.41, 5.74) is 5.49. The fraction of sp³-hybridized carbons (Fsp3) is 0.429. The van der Waals surface area contributed by atoms with Crippen LogP contribution < -0.4 is 19.5 Å². The molecule has 1 aliphatic carbocycles. The molecule has 132 valence electrons. The third-order valence-electron chi connectivity index (χ3n) is 5.63. The summed E-state index contributed by atoms with van der Waals surface area (Å²) in [4.78, 5) is 0. The van der Waals surface area contributed by atoms with E-state index in [2.05, 4.69) is 23.5 Å². The Morgan fingerprint density at radius 1 is 0.960 bits per heavy atom. The van der Waals surface area contributed by atoms with Crippen LogP contribution in [0.4, 0.5) is 0 Å². The van der Waals surface area contributed by atoms with Crippen LogP contribution in [0.3, 0.4) is 0 Å². The summed E-state index contributed by atoms with van der Waals surface area (Å²) in [5.74, 6) is 3.52. The quantitative estimate of drug-likeness (QED) is 0.926. The van der Waals surface area contributed by atoms with Crippen LogP contribution in [-0.2, 0) is 6.42 Å². The third kappa shape index (κ3) is 2.65. The van der Waals surface area contributed by atoms with Gasteiger partial charge in [-0.2, -0.15) is 0 Å². The van der Waals surface area contributed by atoms with E-state index in [4.69, 9.17) is 14.2 Å². The van der Waals surface area contributed by atoms with Gasteiger partial charge in [-0.3, -0.25) is 0 Å². The molecule has 0 radical (unpaired) electrons. The standard InChI is InChI=1S/C21H25NO3/c1-23-15-7-4-13(5-8-15)18-12-22-11-14-6-9-16-20(14)17(18)10-19(24-2)21(16)25-3/h4-5,7-8,10,14,18,22H,6,9,11-12H2,1-3H3/t14-,18+/m0/s1. The van der Waals surface area contributed by atoms with Crippen molar-refractivity contribution < 1.29 is 14.2 Å². The molecule has 0 saturated carbocycles. The van der Waals surface area contributed by atoms with Crippen molar-refractivity contribution >= 4 is 0 Å². The van der Waals surface area contributed by atoms with Crippen LogP contribution in [0.5, 0.6) is 17.2 Å². The van der Waals surface area contributed by atoms with E-state index in [1.54, 1.807) is 21.3 Å². The number of nitrogens with one attached hydrogen (secondary N) is 1. The molecule has 1 N–H and O–H groups in total. The van der Waals surface area contributed by atoms with Gasteiger partial charge in [-0.25, -0.2) is 0 Å². The van der Waals surface area contributed by atoms with Crippen molar-refractivity contribution in [2.75, 3.05) is 34.4 Å². The summed E-state index contributed by atoms with van der Waals surface area (Å²) in [7, 11) is 5.17. The average molecular weight is 339 g/mol. The molecule has 2 aromatic carbocycles. The first-order valence-electron chi connectivity index (χ1n) is 8.89. The normalized spacial score (nSPS) is 21.4. The molecule has 2 atom stereocenters. The Bertz CT molecular complexity index is 770. The molecule has 0 amide bonds. The van der Waals surface area contributed by atoms with Gasteiger partial charge in [0.05, 0.1) is 21.3 Å². The Morgan fingerprint density at radius 2 is 1.76 bits per heavy atom. The molecule has 0 spiro atoms. The van der Waals surface area contributed by atoms with Crippen LogP contribution in [0.25, 0.3) is 0 Å². The van der Waals surface area contributed by atoms with Gasteiger partial charge in [0.1, 0.15) is 5.75 Å². The van der Waals surface area contributed by atoms with E-state index < -0.39 is 0 Å². The lowest BCUT2D eigenvalue weighted by Gasteiger charge is -2.22. The smallest absolute Gasteiger partial charge is 0.164 e. The van der Waals surface area contributed by atoms with Crippen LogP contribution in [0.15, 0.2) is 30.3 Å². The van der Waals surface area contributed by atoms with Gasteiger partial charge < -0.3 is 19.5 Å². The van der Waals surface area contributed by atoms with E-state index in [1.165, 1.54) is 28.7 Å². The van der Waals surface area contributed by atoms with E-state index in [0.717, 1.165) is 36.8 Å². The van der Waals surface area contributed by atoms with Gasteiger partial charge in [0.15, 0.2) is 11.5 Å². The van der Waals surface area contributed by atoms with E-state index in [1.807, 2.05) is 12.1 Å². The SMILES string of the molecule is COc1ccc([C@H]2CNC[C@@H]3CCc4c(OC)c(OC)cc2c43)cc1. The molecule has 4 nitrogen and oxygen atoms in total. The van der Waals surface area contributed by atoms with Gasteiger partial charge in [-0.15, -0.1) is 0 Å². The van der Waals surface area contributed by atoms with Crippen molar-refractivity contribution in [3.05, 3.63) is 52.6 Å². The molecule has 0 aromatic heterocycles. The van der Waals surface area contributed by atoms with Crippen LogP contribution in [0.1, 0.15) is 40.5 Å². The zero-order chi connectivity index (χ0) is 17.4. The van der Waals surface area contributed by atoms with E-state index in [9.17, 15) is 0 Å². The predicted molar refractivity (Wildman–Crippen MR) is 98.3 cm³/mol. The van der Waals surface area contributed by atoms with Crippen LogP contribution in [0, 0.1) is 0 Å². The Hall–Kier alpha value is -2.20. The van der Waals surface area contributed by atoms with Crippen LogP contribution >= 0.6 is 0 Å². The first-order valence-corrected chi connectivity index (χ1v) is 8.89. The van der Waals surface area contributed by atoms with Gasteiger partial charge in [0.25, 0.3) is 0 Å². The minimum atomic E-state index is 0.308. The maximum absolute atomic E-state index is 5.70. The number of benzene rings is 2. The molecular formula is C21H25NO3. The molecule has 1 aliphatic heterocycles. The molecule has 0 saturated heterocycles. The third-order valence-corrected chi connectivity index (χ3v) is 5.63. The molecular weight excluding hydrogens is 314 g/mol. The molecule has 0 fully saturated rings. The summed E-state index contributed by atoms with van der Waals surface area (Å²) >= 11 is 0. The van der Waals surface area contributed by atoms with Crippen molar-refractivity contribution in [2.24, 2.45) is 0 Å². The lowest BCUT2D eigenvalue weighted by Crippen LogP contribution is -2.22. The molecule has 0 bridgehead atoms. The molecule has 4 rings (SSSR count). The summed E-state index contributed by atoms with van der Waals surface area (Å²) in [5, 5.41) is 3.67. The van der Waals surface area contributed by atoms with Crippen LogP contribution in [-0.4, -0.2) is 34.4 Å². The highest BCUT2D eigenvalue weighted by molar-refractivity contribution is 5.60. The molecule has 4 heteroatoms. The molecule has 25 heavy (non-hydrogen) atoms. The topological polar surface area (TPSA) is 39.7 Å². The summed E-state index contributed by atoms with van der Waals surface area (Å²) in [6.07, 6.45) is 2.23. The van der Waals surface area contributed by atoms with Crippen LogP contribution in [0.2, 0.25) is 0 Å². The second kappa shape index (κ2) is 6.60. The maximum atomic E-state index is 5.70. The van der Waals surface area contributed by atoms with Gasteiger partial charge in [-0.1, -0.05) is 12.1 Å². The van der Waals surface area contributed by atoms with Gasteiger partial charge in [0.2, 0.25) is 0 Å². The Morgan fingerprint density at radius 3 is 2.44 bits per heavy atom. The van der Waals surface area contributed by atoms with Crippen molar-refractivity contribution in [3.8, 4) is 17.2 Å². The van der Waals surface area contributed by atoms with Gasteiger partial charge in [-0.05, 0) is 53.6 Å². The number of hydrogen-bond acceptors (Lipinski definition) is 4. The second-order valence-corrected chi connectivity index (χ2v) is 6.81. The lowest BCUT2D eigenvalue weighted by atomic mass is 9.85. The summed E-state index contributed by atoms with van der Waals surface area (Å²) in [6.45, 7) is 1.97.